The topological polar surface area (TPSA) is 46.3 Å². The van der Waals surface area contributed by atoms with E-state index < -0.39 is 0 Å². The minimum atomic E-state index is -0.0717. The predicted molar refractivity (Wildman–Crippen MR) is 69.4 cm³/mol. The molecule has 1 aromatic rings. The van der Waals surface area contributed by atoms with Crippen molar-refractivity contribution in [2.45, 2.75) is 18.9 Å². The van der Waals surface area contributed by atoms with E-state index in [1.807, 2.05) is 6.07 Å². The van der Waals surface area contributed by atoms with Crippen molar-refractivity contribution in [2.75, 3.05) is 13.1 Å². The van der Waals surface area contributed by atoms with Gasteiger partial charge in [-0.25, -0.2) is 0 Å². The Kier molecular flexibility index (Phi) is 3.61. The Balaban J connectivity index is 2.26. The maximum Gasteiger partial charge on any atom is 0.219 e. The molecule has 3 nitrogen and oxygen atoms in total. The zero-order chi connectivity index (χ0) is 12.6. The molecule has 0 aliphatic carbocycles. The second-order valence-corrected chi connectivity index (χ2v) is 5.20. The van der Waals surface area contributed by atoms with E-state index in [-0.39, 0.29) is 17.9 Å². The van der Waals surface area contributed by atoms with Crippen molar-refractivity contribution in [3.05, 3.63) is 33.8 Å². The molecule has 0 bridgehead atoms. The highest BCUT2D eigenvalue weighted by Crippen LogP contribution is 2.33. The summed E-state index contributed by atoms with van der Waals surface area (Å²) in [5, 5.41) is 1.22. The number of amides is 1. The number of hydrogen-bond donors (Lipinski definition) is 1. The molecule has 1 saturated heterocycles. The molecule has 1 aliphatic heterocycles. The highest BCUT2D eigenvalue weighted by molar-refractivity contribution is 6.35. The molecule has 0 aromatic heterocycles. The number of likely N-dealkylation sites (tertiary alicyclic amines) is 1. The van der Waals surface area contributed by atoms with Gasteiger partial charge in [0.15, 0.2) is 0 Å². The van der Waals surface area contributed by atoms with Crippen molar-refractivity contribution >= 4 is 29.1 Å². The molecule has 2 atom stereocenters. The third kappa shape index (κ3) is 2.57. The van der Waals surface area contributed by atoms with Crippen LogP contribution >= 0.6 is 23.2 Å². The second-order valence-electron chi connectivity index (χ2n) is 4.36. The van der Waals surface area contributed by atoms with Crippen LogP contribution in [0.3, 0.4) is 0 Å². The summed E-state index contributed by atoms with van der Waals surface area (Å²) in [6.07, 6.45) is 0. The van der Waals surface area contributed by atoms with Gasteiger partial charge < -0.3 is 10.6 Å². The van der Waals surface area contributed by atoms with Gasteiger partial charge in [0.05, 0.1) is 0 Å². The number of carbonyl (C=O) groups excluding carboxylic acids is 1. The minimum absolute atomic E-state index is 0.0491. The molecule has 92 valence electrons. The van der Waals surface area contributed by atoms with E-state index in [1.54, 1.807) is 24.0 Å². The van der Waals surface area contributed by atoms with Crippen molar-refractivity contribution in [2.24, 2.45) is 5.73 Å². The standard InChI is InChI=1S/C12H14Cl2N2O/c1-7(17)16-5-10(12(15)6-16)9-3-2-8(13)4-11(9)14/h2-4,10,12H,5-6,15H2,1H3/t10-,12+/m1/s1. The summed E-state index contributed by atoms with van der Waals surface area (Å²) in [6.45, 7) is 2.76. The highest BCUT2D eigenvalue weighted by atomic mass is 35.5. The number of rotatable bonds is 1. The molecule has 1 aliphatic rings. The maximum atomic E-state index is 11.3. The zero-order valence-corrected chi connectivity index (χ0v) is 11.0. The van der Waals surface area contributed by atoms with Gasteiger partial charge in [-0.15, -0.1) is 0 Å². The van der Waals surface area contributed by atoms with Crippen molar-refractivity contribution in [1.82, 2.24) is 4.90 Å². The number of nitrogens with two attached hydrogens (primary N) is 1. The van der Waals surface area contributed by atoms with Crippen LogP contribution in [0.15, 0.2) is 18.2 Å². The van der Waals surface area contributed by atoms with Crippen LogP contribution in [0.1, 0.15) is 18.4 Å². The van der Waals surface area contributed by atoms with Gasteiger partial charge >= 0.3 is 0 Å². The Bertz CT molecular complexity index is 450. The van der Waals surface area contributed by atoms with Gasteiger partial charge in [0.1, 0.15) is 0 Å². The van der Waals surface area contributed by atoms with E-state index in [9.17, 15) is 4.79 Å². The van der Waals surface area contributed by atoms with Gasteiger partial charge in [0, 0.05) is 42.0 Å². The highest BCUT2D eigenvalue weighted by Gasteiger charge is 2.33. The molecule has 2 rings (SSSR count). The van der Waals surface area contributed by atoms with Crippen LogP contribution in [0.5, 0.6) is 0 Å². The second kappa shape index (κ2) is 4.84. The normalized spacial score (nSPS) is 24.1. The predicted octanol–water partition coefficient (Wildman–Crippen LogP) is 2.27. The van der Waals surface area contributed by atoms with E-state index in [0.29, 0.717) is 23.1 Å². The van der Waals surface area contributed by atoms with Gasteiger partial charge in [0.2, 0.25) is 5.91 Å². The van der Waals surface area contributed by atoms with E-state index >= 15 is 0 Å². The van der Waals surface area contributed by atoms with Gasteiger partial charge in [-0.2, -0.15) is 0 Å². The summed E-state index contributed by atoms with van der Waals surface area (Å²) >= 11 is 12.0. The van der Waals surface area contributed by atoms with Gasteiger partial charge in [-0.05, 0) is 17.7 Å². The largest absolute Gasteiger partial charge is 0.341 e. The number of carbonyl (C=O) groups is 1. The lowest BCUT2D eigenvalue weighted by atomic mass is 9.95. The van der Waals surface area contributed by atoms with E-state index in [0.717, 1.165) is 5.56 Å². The van der Waals surface area contributed by atoms with Crippen molar-refractivity contribution < 1.29 is 4.79 Å². The van der Waals surface area contributed by atoms with Crippen LogP contribution in [0.2, 0.25) is 10.0 Å². The quantitative estimate of drug-likeness (QED) is 0.853. The van der Waals surface area contributed by atoms with Crippen LogP contribution in [0.25, 0.3) is 0 Å². The average Bonchev–Trinajstić information content (AvgIpc) is 2.61. The number of hydrogen-bond acceptors (Lipinski definition) is 2. The molecule has 17 heavy (non-hydrogen) atoms. The first-order chi connectivity index (χ1) is 7.99. The molecule has 5 heteroatoms. The van der Waals surface area contributed by atoms with Gasteiger partial charge in [-0.1, -0.05) is 29.3 Å². The monoisotopic (exact) mass is 272 g/mol. The number of benzene rings is 1. The van der Waals surface area contributed by atoms with Crippen LogP contribution in [0.4, 0.5) is 0 Å². The van der Waals surface area contributed by atoms with Crippen LogP contribution in [-0.4, -0.2) is 29.9 Å². The number of nitrogens with zero attached hydrogens (tertiary/aromatic N) is 1. The first-order valence-electron chi connectivity index (χ1n) is 5.45. The Morgan fingerprint density at radius 2 is 2.12 bits per heavy atom. The molecule has 1 heterocycles. The lowest BCUT2D eigenvalue weighted by Crippen LogP contribution is -2.30. The molecule has 1 amide bonds. The van der Waals surface area contributed by atoms with Gasteiger partial charge in [-0.3, -0.25) is 4.79 Å². The molecule has 0 saturated carbocycles. The van der Waals surface area contributed by atoms with Crippen molar-refractivity contribution in [1.29, 1.82) is 0 Å². The summed E-state index contributed by atoms with van der Waals surface area (Å²) in [7, 11) is 0. The van der Waals surface area contributed by atoms with Crippen molar-refractivity contribution in [3.8, 4) is 0 Å². The molecular weight excluding hydrogens is 259 g/mol. The Labute approximate surface area is 110 Å². The SMILES string of the molecule is CC(=O)N1C[C@H](c2ccc(Cl)cc2Cl)[C@@H](N)C1. The Morgan fingerprint density at radius 1 is 1.41 bits per heavy atom. The fourth-order valence-electron chi connectivity index (χ4n) is 2.22. The smallest absolute Gasteiger partial charge is 0.219 e. The third-order valence-electron chi connectivity index (χ3n) is 3.17. The number of halogens is 2. The maximum absolute atomic E-state index is 11.3. The molecular formula is C12H14Cl2N2O. The molecule has 2 N–H and O–H groups in total. The Morgan fingerprint density at radius 3 is 2.65 bits per heavy atom. The summed E-state index contributed by atoms with van der Waals surface area (Å²) in [4.78, 5) is 13.1. The summed E-state index contributed by atoms with van der Waals surface area (Å²) in [5.74, 6) is 0.136. The van der Waals surface area contributed by atoms with Crippen LogP contribution < -0.4 is 5.73 Å². The van der Waals surface area contributed by atoms with Crippen LogP contribution in [0, 0.1) is 0 Å². The molecule has 0 spiro atoms. The zero-order valence-electron chi connectivity index (χ0n) is 9.49. The fourth-order valence-corrected chi connectivity index (χ4v) is 2.77. The van der Waals surface area contributed by atoms with E-state index in [4.69, 9.17) is 28.9 Å². The lowest BCUT2D eigenvalue weighted by molar-refractivity contribution is -0.127. The fraction of sp³-hybridized carbons (Fsp3) is 0.417. The lowest BCUT2D eigenvalue weighted by Gasteiger charge is -2.16. The average molecular weight is 273 g/mol. The van der Waals surface area contributed by atoms with Gasteiger partial charge in [0.25, 0.3) is 0 Å². The van der Waals surface area contributed by atoms with Crippen molar-refractivity contribution in [3.63, 3.8) is 0 Å². The molecule has 1 fully saturated rings. The Hall–Kier alpha value is -0.770. The first-order valence-corrected chi connectivity index (χ1v) is 6.20. The molecule has 0 unspecified atom stereocenters. The summed E-state index contributed by atoms with van der Waals surface area (Å²) < 4.78 is 0. The molecule has 0 radical (unpaired) electrons. The summed E-state index contributed by atoms with van der Waals surface area (Å²) in [5.41, 5.74) is 7.03. The minimum Gasteiger partial charge on any atom is -0.341 e. The summed E-state index contributed by atoms with van der Waals surface area (Å²) in [6, 6.07) is 5.32. The van der Waals surface area contributed by atoms with Crippen LogP contribution in [-0.2, 0) is 4.79 Å². The third-order valence-corrected chi connectivity index (χ3v) is 3.73. The first kappa shape index (κ1) is 12.7. The molecule has 1 aromatic carbocycles. The van der Waals surface area contributed by atoms with E-state index in [1.165, 1.54) is 0 Å². The van der Waals surface area contributed by atoms with E-state index in [2.05, 4.69) is 0 Å².